The number of nitrogen functional groups attached to an aromatic ring is 1. The fraction of sp³-hybridized carbons (Fsp3) is 0.143. The zero-order valence-corrected chi connectivity index (χ0v) is 9.64. The Bertz CT molecular complexity index is 490. The average molecular weight is 212 g/mol. The molecule has 0 atom stereocenters. The summed E-state index contributed by atoms with van der Waals surface area (Å²) < 4.78 is 0. The quantitative estimate of drug-likeness (QED) is 0.775. The largest absolute Gasteiger partial charge is 0.399 e. The Balaban J connectivity index is 2.44. The minimum absolute atomic E-state index is 0.799. The normalized spacial score (nSPS) is 10.1. The van der Waals surface area contributed by atoms with Crippen LogP contribution in [-0.4, -0.2) is 14.1 Å². The average Bonchev–Trinajstić information content (AvgIpc) is 2.29. The molecule has 2 N–H and O–H groups in total. The van der Waals surface area contributed by atoms with E-state index >= 15 is 0 Å². The Hall–Kier alpha value is -1.96. The van der Waals surface area contributed by atoms with Crippen LogP contribution in [0.1, 0.15) is 0 Å². The van der Waals surface area contributed by atoms with E-state index in [4.69, 9.17) is 5.73 Å². The SMILES string of the molecule is CN(C)c1cccc(-c2cccc(N)c2)c1. The van der Waals surface area contributed by atoms with E-state index in [0.717, 1.165) is 11.3 Å². The molecule has 0 fully saturated rings. The van der Waals surface area contributed by atoms with Crippen molar-refractivity contribution in [3.05, 3.63) is 48.5 Å². The number of nitrogens with two attached hydrogens (primary N) is 1. The molecule has 0 saturated heterocycles. The number of hydrogen-bond acceptors (Lipinski definition) is 2. The Kier molecular flexibility index (Phi) is 2.82. The summed E-state index contributed by atoms with van der Waals surface area (Å²) in [5.41, 5.74) is 10.1. The third kappa shape index (κ3) is 2.16. The predicted octanol–water partition coefficient (Wildman–Crippen LogP) is 3.00. The van der Waals surface area contributed by atoms with Crippen LogP contribution in [-0.2, 0) is 0 Å². The lowest BCUT2D eigenvalue weighted by molar-refractivity contribution is 1.13. The van der Waals surface area contributed by atoms with Crippen molar-refractivity contribution in [1.29, 1.82) is 0 Å². The molecule has 0 radical (unpaired) electrons. The first-order valence-corrected chi connectivity index (χ1v) is 5.30. The maximum absolute atomic E-state index is 5.78. The molecule has 2 heteroatoms. The maximum atomic E-state index is 5.78. The van der Waals surface area contributed by atoms with Crippen molar-refractivity contribution in [2.24, 2.45) is 0 Å². The Labute approximate surface area is 96.3 Å². The second-order valence-corrected chi connectivity index (χ2v) is 4.07. The van der Waals surface area contributed by atoms with E-state index in [2.05, 4.69) is 35.2 Å². The monoisotopic (exact) mass is 212 g/mol. The summed E-state index contributed by atoms with van der Waals surface area (Å²) in [6.45, 7) is 0. The first-order chi connectivity index (χ1) is 7.66. The minimum Gasteiger partial charge on any atom is -0.399 e. The van der Waals surface area contributed by atoms with Gasteiger partial charge >= 0.3 is 0 Å². The van der Waals surface area contributed by atoms with E-state index in [9.17, 15) is 0 Å². The summed E-state index contributed by atoms with van der Waals surface area (Å²) in [7, 11) is 4.08. The van der Waals surface area contributed by atoms with Gasteiger partial charge in [0.15, 0.2) is 0 Å². The Morgan fingerprint density at radius 3 is 2.12 bits per heavy atom. The fourth-order valence-corrected chi connectivity index (χ4v) is 1.68. The first-order valence-electron chi connectivity index (χ1n) is 5.30. The lowest BCUT2D eigenvalue weighted by atomic mass is 10.0. The van der Waals surface area contributed by atoms with Crippen LogP contribution in [0.3, 0.4) is 0 Å². The second kappa shape index (κ2) is 4.27. The summed E-state index contributed by atoms with van der Waals surface area (Å²) >= 11 is 0. The molecule has 0 saturated carbocycles. The molecule has 16 heavy (non-hydrogen) atoms. The van der Waals surface area contributed by atoms with E-state index in [-0.39, 0.29) is 0 Å². The molecular weight excluding hydrogens is 196 g/mol. The van der Waals surface area contributed by atoms with Crippen molar-refractivity contribution in [2.45, 2.75) is 0 Å². The second-order valence-electron chi connectivity index (χ2n) is 4.07. The van der Waals surface area contributed by atoms with Gasteiger partial charge in [-0.15, -0.1) is 0 Å². The van der Waals surface area contributed by atoms with E-state index in [1.165, 1.54) is 11.3 Å². The molecule has 0 heterocycles. The number of nitrogens with zero attached hydrogens (tertiary/aromatic N) is 1. The molecular formula is C14H16N2. The van der Waals surface area contributed by atoms with Crippen molar-refractivity contribution >= 4 is 11.4 Å². The highest BCUT2D eigenvalue weighted by atomic mass is 15.1. The van der Waals surface area contributed by atoms with Crippen LogP contribution in [0, 0.1) is 0 Å². The summed E-state index contributed by atoms with van der Waals surface area (Å²) in [6.07, 6.45) is 0. The summed E-state index contributed by atoms with van der Waals surface area (Å²) in [5.74, 6) is 0. The van der Waals surface area contributed by atoms with Gasteiger partial charge in [0, 0.05) is 25.5 Å². The van der Waals surface area contributed by atoms with Crippen LogP contribution < -0.4 is 10.6 Å². The molecule has 2 rings (SSSR count). The lowest BCUT2D eigenvalue weighted by Crippen LogP contribution is -2.08. The van der Waals surface area contributed by atoms with E-state index < -0.39 is 0 Å². The van der Waals surface area contributed by atoms with Gasteiger partial charge in [0.2, 0.25) is 0 Å². The Morgan fingerprint density at radius 2 is 1.50 bits per heavy atom. The molecule has 0 aliphatic heterocycles. The van der Waals surface area contributed by atoms with Crippen molar-refractivity contribution in [2.75, 3.05) is 24.7 Å². The van der Waals surface area contributed by atoms with Gasteiger partial charge in [-0.2, -0.15) is 0 Å². The Morgan fingerprint density at radius 1 is 0.875 bits per heavy atom. The first kappa shape index (κ1) is 10.6. The van der Waals surface area contributed by atoms with E-state index in [1.807, 2.05) is 32.3 Å². The van der Waals surface area contributed by atoms with E-state index in [1.54, 1.807) is 0 Å². The van der Waals surface area contributed by atoms with Crippen molar-refractivity contribution in [3.8, 4) is 11.1 Å². The highest BCUT2D eigenvalue weighted by molar-refractivity contribution is 5.70. The molecule has 2 nitrogen and oxygen atoms in total. The molecule has 2 aromatic rings. The van der Waals surface area contributed by atoms with Gasteiger partial charge in [0.25, 0.3) is 0 Å². The van der Waals surface area contributed by atoms with Gasteiger partial charge in [0.1, 0.15) is 0 Å². The standard InChI is InChI=1S/C14H16N2/c1-16(2)14-8-4-6-12(10-14)11-5-3-7-13(15)9-11/h3-10H,15H2,1-2H3. The zero-order chi connectivity index (χ0) is 11.5. The van der Waals surface area contributed by atoms with Crippen molar-refractivity contribution < 1.29 is 0 Å². The highest BCUT2D eigenvalue weighted by Gasteiger charge is 2.00. The van der Waals surface area contributed by atoms with Crippen LogP contribution in [0.25, 0.3) is 11.1 Å². The van der Waals surface area contributed by atoms with Gasteiger partial charge in [-0.05, 0) is 35.4 Å². The van der Waals surface area contributed by atoms with Gasteiger partial charge < -0.3 is 10.6 Å². The van der Waals surface area contributed by atoms with Crippen molar-refractivity contribution in [3.63, 3.8) is 0 Å². The lowest BCUT2D eigenvalue weighted by Gasteiger charge is -2.13. The van der Waals surface area contributed by atoms with Gasteiger partial charge in [-0.1, -0.05) is 24.3 Å². The molecule has 0 aliphatic carbocycles. The molecule has 82 valence electrons. The van der Waals surface area contributed by atoms with Crippen LogP contribution in [0.2, 0.25) is 0 Å². The molecule has 2 aromatic carbocycles. The number of benzene rings is 2. The molecule has 0 aromatic heterocycles. The third-order valence-corrected chi connectivity index (χ3v) is 2.58. The maximum Gasteiger partial charge on any atom is 0.0367 e. The summed E-state index contributed by atoms with van der Waals surface area (Å²) in [6, 6.07) is 16.4. The predicted molar refractivity (Wildman–Crippen MR) is 70.6 cm³/mol. The smallest absolute Gasteiger partial charge is 0.0367 e. The molecule has 0 unspecified atom stereocenters. The van der Waals surface area contributed by atoms with Gasteiger partial charge in [0.05, 0.1) is 0 Å². The fourth-order valence-electron chi connectivity index (χ4n) is 1.68. The topological polar surface area (TPSA) is 29.3 Å². The zero-order valence-electron chi connectivity index (χ0n) is 9.64. The van der Waals surface area contributed by atoms with Crippen molar-refractivity contribution in [1.82, 2.24) is 0 Å². The van der Waals surface area contributed by atoms with E-state index in [0.29, 0.717) is 0 Å². The van der Waals surface area contributed by atoms with Crippen LogP contribution in [0.4, 0.5) is 11.4 Å². The summed E-state index contributed by atoms with van der Waals surface area (Å²) in [5, 5.41) is 0. The highest BCUT2D eigenvalue weighted by Crippen LogP contribution is 2.25. The van der Waals surface area contributed by atoms with Crippen LogP contribution in [0.5, 0.6) is 0 Å². The number of hydrogen-bond donors (Lipinski definition) is 1. The number of rotatable bonds is 2. The third-order valence-electron chi connectivity index (χ3n) is 2.58. The van der Waals surface area contributed by atoms with Gasteiger partial charge in [-0.25, -0.2) is 0 Å². The minimum atomic E-state index is 0.799. The van der Waals surface area contributed by atoms with Crippen LogP contribution in [0.15, 0.2) is 48.5 Å². The molecule has 0 bridgehead atoms. The summed E-state index contributed by atoms with van der Waals surface area (Å²) in [4.78, 5) is 2.09. The van der Waals surface area contributed by atoms with Crippen LogP contribution >= 0.6 is 0 Å². The molecule has 0 aliphatic rings. The molecule has 0 amide bonds. The van der Waals surface area contributed by atoms with Gasteiger partial charge in [-0.3, -0.25) is 0 Å². The number of anilines is 2. The molecule has 0 spiro atoms.